The van der Waals surface area contributed by atoms with Gasteiger partial charge in [-0.05, 0) is 41.5 Å². The fourth-order valence-corrected chi connectivity index (χ4v) is 6.15. The molecule has 2 aromatic rings. The van der Waals surface area contributed by atoms with E-state index in [0.717, 1.165) is 22.3 Å². The topological polar surface area (TPSA) is 86.7 Å². The fraction of sp³-hybridized carbons (Fsp3) is 0.348. The van der Waals surface area contributed by atoms with E-state index < -0.39 is 20.7 Å². The summed E-state index contributed by atoms with van der Waals surface area (Å²) in [4.78, 5) is 12.2. The summed E-state index contributed by atoms with van der Waals surface area (Å²) in [6, 6.07) is 18.4. The Hall–Kier alpha value is -2.48. The summed E-state index contributed by atoms with van der Waals surface area (Å²) in [5, 5.41) is 9.10. The lowest BCUT2D eigenvalue weighted by Crippen LogP contribution is -2.57. The first-order chi connectivity index (χ1) is 14.4. The number of sulfonamides is 1. The smallest absolute Gasteiger partial charge is 0.266 e. The lowest BCUT2D eigenvalue weighted by atomic mass is 9.97. The predicted octanol–water partition coefficient (Wildman–Crippen LogP) is 3.84. The van der Waals surface area contributed by atoms with E-state index >= 15 is 0 Å². The van der Waals surface area contributed by atoms with Crippen LogP contribution in [0.1, 0.15) is 38.7 Å². The van der Waals surface area contributed by atoms with Gasteiger partial charge in [-0.2, -0.15) is 4.31 Å². The van der Waals surface area contributed by atoms with Crippen molar-refractivity contribution in [3.63, 3.8) is 0 Å². The molecule has 1 aliphatic rings. The molecule has 0 aliphatic carbocycles. The van der Waals surface area contributed by atoms with Crippen LogP contribution in [0.2, 0.25) is 0 Å². The Kier molecular flexibility index (Phi) is 6.75. The van der Waals surface area contributed by atoms with Gasteiger partial charge in [0.15, 0.2) is 4.75 Å². The zero-order valence-corrected chi connectivity index (χ0v) is 18.2. The van der Waals surface area contributed by atoms with Crippen molar-refractivity contribution in [2.75, 3.05) is 13.1 Å². The SMILES string of the molecule is CCC(CC)(C(=O)NO)S(=O)(=O)N1CC=C(c2ccc(-c3ccccc3)cc2)CC1. The number of carbonyl (C=O) groups is 1. The molecule has 6 nitrogen and oxygen atoms in total. The molecular weight excluding hydrogens is 400 g/mol. The van der Waals surface area contributed by atoms with Crippen molar-refractivity contribution in [2.24, 2.45) is 0 Å². The van der Waals surface area contributed by atoms with E-state index in [2.05, 4.69) is 36.4 Å². The molecule has 3 rings (SSSR count). The van der Waals surface area contributed by atoms with E-state index in [0.29, 0.717) is 13.0 Å². The number of hydrogen-bond donors (Lipinski definition) is 2. The molecule has 0 radical (unpaired) electrons. The van der Waals surface area contributed by atoms with Crippen molar-refractivity contribution in [1.82, 2.24) is 9.79 Å². The van der Waals surface area contributed by atoms with Crippen molar-refractivity contribution >= 4 is 21.5 Å². The highest BCUT2D eigenvalue weighted by Gasteiger charge is 2.50. The van der Waals surface area contributed by atoms with Crippen molar-refractivity contribution in [3.05, 3.63) is 66.2 Å². The van der Waals surface area contributed by atoms with Gasteiger partial charge in [0.2, 0.25) is 10.0 Å². The van der Waals surface area contributed by atoms with Gasteiger partial charge in [-0.3, -0.25) is 10.0 Å². The van der Waals surface area contributed by atoms with E-state index in [9.17, 15) is 13.2 Å². The normalized spacial score (nSPS) is 15.5. The quantitative estimate of drug-likeness (QED) is 0.518. The largest absolute Gasteiger partial charge is 0.289 e. The van der Waals surface area contributed by atoms with Crippen LogP contribution in [-0.2, 0) is 14.8 Å². The highest BCUT2D eigenvalue weighted by molar-refractivity contribution is 7.91. The second-order valence-corrected chi connectivity index (χ2v) is 9.68. The van der Waals surface area contributed by atoms with Crippen molar-refractivity contribution < 1.29 is 18.4 Å². The average Bonchev–Trinajstić information content (AvgIpc) is 2.80. The minimum absolute atomic E-state index is 0.0895. The molecular formula is C23H28N2O4S. The Balaban J connectivity index is 1.80. The summed E-state index contributed by atoms with van der Waals surface area (Å²) >= 11 is 0. The molecule has 1 heterocycles. The van der Waals surface area contributed by atoms with Gasteiger partial charge < -0.3 is 0 Å². The van der Waals surface area contributed by atoms with Crippen molar-refractivity contribution in [3.8, 4) is 11.1 Å². The van der Waals surface area contributed by atoms with Crippen LogP contribution < -0.4 is 5.48 Å². The van der Waals surface area contributed by atoms with Gasteiger partial charge >= 0.3 is 0 Å². The molecule has 0 saturated carbocycles. The number of amides is 1. The molecule has 0 unspecified atom stereocenters. The third-order valence-electron chi connectivity index (χ3n) is 6.03. The summed E-state index contributed by atoms with van der Waals surface area (Å²) in [5.41, 5.74) is 5.98. The van der Waals surface area contributed by atoms with E-state index in [1.807, 2.05) is 24.3 Å². The van der Waals surface area contributed by atoms with E-state index in [1.165, 1.54) is 4.31 Å². The molecule has 7 heteroatoms. The number of carbonyl (C=O) groups excluding carboxylic acids is 1. The predicted molar refractivity (Wildman–Crippen MR) is 118 cm³/mol. The number of nitrogens with one attached hydrogen (secondary N) is 1. The Labute approximate surface area is 178 Å². The van der Waals surface area contributed by atoms with E-state index in [4.69, 9.17) is 5.21 Å². The van der Waals surface area contributed by atoms with Crippen LogP contribution in [0.3, 0.4) is 0 Å². The summed E-state index contributed by atoms with van der Waals surface area (Å²) in [6.07, 6.45) is 2.65. The van der Waals surface area contributed by atoms with Crippen LogP contribution in [0, 0.1) is 0 Å². The second-order valence-electron chi connectivity index (χ2n) is 7.43. The maximum Gasteiger partial charge on any atom is 0.266 e. The molecule has 2 N–H and O–H groups in total. The molecule has 2 aromatic carbocycles. The summed E-state index contributed by atoms with van der Waals surface area (Å²) < 4.78 is 26.2. The lowest BCUT2D eigenvalue weighted by Gasteiger charge is -2.36. The van der Waals surface area contributed by atoms with Gasteiger partial charge in [-0.15, -0.1) is 0 Å². The number of hydrogen-bond acceptors (Lipinski definition) is 4. The molecule has 1 amide bonds. The number of hydroxylamine groups is 1. The molecule has 0 aromatic heterocycles. The minimum Gasteiger partial charge on any atom is -0.289 e. The van der Waals surface area contributed by atoms with Crippen LogP contribution in [0.4, 0.5) is 0 Å². The third kappa shape index (κ3) is 3.93. The Bertz CT molecular complexity index is 1010. The molecule has 0 fully saturated rings. The number of nitrogens with zero attached hydrogens (tertiary/aromatic N) is 1. The first-order valence-electron chi connectivity index (χ1n) is 10.2. The first kappa shape index (κ1) is 22.2. The Morgan fingerprint density at radius 2 is 1.57 bits per heavy atom. The lowest BCUT2D eigenvalue weighted by molar-refractivity contribution is -0.132. The molecule has 0 atom stereocenters. The zero-order chi connectivity index (χ0) is 21.8. The highest BCUT2D eigenvalue weighted by Crippen LogP contribution is 2.33. The van der Waals surface area contributed by atoms with Crippen molar-refractivity contribution in [1.29, 1.82) is 0 Å². The standard InChI is InChI=1S/C23H28N2O4S/c1-3-23(4-2,22(26)24-27)30(28,29)25-16-14-21(15-17-25)20-12-10-19(11-13-20)18-8-6-5-7-9-18/h5-14,27H,3-4,15-17H2,1-2H3,(H,24,26). The minimum atomic E-state index is -3.93. The Morgan fingerprint density at radius 1 is 1.00 bits per heavy atom. The first-order valence-corrected chi connectivity index (χ1v) is 11.6. The van der Waals surface area contributed by atoms with Crippen LogP contribution in [0.5, 0.6) is 0 Å². The van der Waals surface area contributed by atoms with Crippen molar-refractivity contribution in [2.45, 2.75) is 37.9 Å². The van der Waals surface area contributed by atoms with E-state index in [-0.39, 0.29) is 19.4 Å². The molecule has 30 heavy (non-hydrogen) atoms. The van der Waals surface area contributed by atoms with Crippen LogP contribution in [0.15, 0.2) is 60.7 Å². The van der Waals surface area contributed by atoms with Gasteiger partial charge in [-0.1, -0.05) is 74.5 Å². The maximum atomic E-state index is 13.2. The maximum absolute atomic E-state index is 13.2. The van der Waals surface area contributed by atoms with Crippen LogP contribution >= 0.6 is 0 Å². The van der Waals surface area contributed by atoms with Crippen LogP contribution in [-0.4, -0.2) is 41.7 Å². The Morgan fingerprint density at radius 3 is 2.07 bits per heavy atom. The third-order valence-corrected chi connectivity index (χ3v) is 8.79. The molecule has 160 valence electrons. The summed E-state index contributed by atoms with van der Waals surface area (Å²) in [7, 11) is -3.93. The van der Waals surface area contributed by atoms with Crippen LogP contribution in [0.25, 0.3) is 16.7 Å². The zero-order valence-electron chi connectivity index (χ0n) is 17.3. The van der Waals surface area contributed by atoms with Gasteiger partial charge in [-0.25, -0.2) is 13.9 Å². The molecule has 0 saturated heterocycles. The average molecular weight is 429 g/mol. The number of rotatable bonds is 7. The number of benzene rings is 2. The monoisotopic (exact) mass is 428 g/mol. The second kappa shape index (κ2) is 9.12. The summed E-state index contributed by atoms with van der Waals surface area (Å²) in [5.74, 6) is -0.876. The molecule has 0 bridgehead atoms. The summed E-state index contributed by atoms with van der Waals surface area (Å²) in [6.45, 7) is 3.80. The van der Waals surface area contributed by atoms with Gasteiger partial charge in [0.05, 0.1) is 0 Å². The van der Waals surface area contributed by atoms with Gasteiger partial charge in [0, 0.05) is 13.1 Å². The molecule has 0 spiro atoms. The fourth-order valence-electron chi connectivity index (χ4n) is 4.04. The molecule has 1 aliphatic heterocycles. The van der Waals surface area contributed by atoms with E-state index in [1.54, 1.807) is 19.3 Å². The van der Waals surface area contributed by atoms with Gasteiger partial charge in [0.25, 0.3) is 5.91 Å². The highest BCUT2D eigenvalue weighted by atomic mass is 32.2. The van der Waals surface area contributed by atoms with Gasteiger partial charge in [0.1, 0.15) is 0 Å².